The van der Waals surface area contributed by atoms with Crippen LogP contribution in [0.15, 0.2) is 6.20 Å². The van der Waals surface area contributed by atoms with E-state index in [9.17, 15) is 0 Å². The van der Waals surface area contributed by atoms with Crippen LogP contribution in [0.3, 0.4) is 0 Å². The number of hydrogen-bond acceptors (Lipinski definition) is 0. The monoisotopic (exact) mass is 135 g/mol. The molecule has 0 fully saturated rings. The lowest BCUT2D eigenvalue weighted by Gasteiger charge is -1.93. The molecular weight excluding hydrogens is 122 g/mol. The summed E-state index contributed by atoms with van der Waals surface area (Å²) in [6.45, 7) is 5.66. The largest absolute Gasteiger partial charge is 0.351 e. The van der Waals surface area contributed by atoms with Crippen LogP contribution in [0.1, 0.15) is 23.2 Å². The molecule has 1 aromatic heterocycles. The van der Waals surface area contributed by atoms with Gasteiger partial charge in [-0.25, -0.2) is 0 Å². The topological polar surface area (TPSA) is 4.93 Å². The molecule has 0 aliphatic carbocycles. The predicted molar refractivity (Wildman–Crippen MR) is 42.2 cm³/mol. The van der Waals surface area contributed by atoms with Gasteiger partial charge in [0.1, 0.15) is 0 Å². The van der Waals surface area contributed by atoms with Crippen LogP contribution in [0.2, 0.25) is 0 Å². The first-order valence-corrected chi connectivity index (χ1v) is 3.94. The summed E-state index contributed by atoms with van der Waals surface area (Å²) in [5, 5.41) is 0. The molecule has 0 aromatic carbocycles. The van der Waals surface area contributed by atoms with Gasteiger partial charge < -0.3 is 4.57 Å². The van der Waals surface area contributed by atoms with E-state index in [2.05, 4.69) is 24.6 Å². The highest BCUT2D eigenvalue weighted by Gasteiger charge is 2.13. The van der Waals surface area contributed by atoms with Crippen LogP contribution in [0.25, 0.3) is 0 Å². The summed E-state index contributed by atoms with van der Waals surface area (Å²) in [6.07, 6.45) is 4.91. The summed E-state index contributed by atoms with van der Waals surface area (Å²) in [5.41, 5.74) is 4.53. The Balaban J connectivity index is 2.59. The van der Waals surface area contributed by atoms with Crippen molar-refractivity contribution in [3.05, 3.63) is 23.0 Å². The third-order valence-electron chi connectivity index (χ3n) is 2.53. The Bertz CT molecular complexity index is 258. The van der Waals surface area contributed by atoms with E-state index >= 15 is 0 Å². The first-order chi connectivity index (χ1) is 4.79. The van der Waals surface area contributed by atoms with Crippen molar-refractivity contribution in [2.45, 2.75) is 33.2 Å². The molecule has 0 amide bonds. The van der Waals surface area contributed by atoms with E-state index in [4.69, 9.17) is 0 Å². The van der Waals surface area contributed by atoms with Gasteiger partial charge in [0, 0.05) is 18.4 Å². The van der Waals surface area contributed by atoms with Gasteiger partial charge in [0.25, 0.3) is 0 Å². The summed E-state index contributed by atoms with van der Waals surface area (Å²) in [5.74, 6) is 0. The summed E-state index contributed by atoms with van der Waals surface area (Å²) in [6, 6.07) is 0. The number of fused-ring (bicyclic) bond motifs is 1. The molecule has 1 aliphatic rings. The minimum Gasteiger partial charge on any atom is -0.351 e. The lowest BCUT2D eigenvalue weighted by atomic mass is 10.1. The second-order valence-electron chi connectivity index (χ2n) is 3.18. The maximum absolute atomic E-state index is 2.39. The van der Waals surface area contributed by atoms with Crippen molar-refractivity contribution in [2.75, 3.05) is 0 Å². The third-order valence-corrected chi connectivity index (χ3v) is 2.53. The van der Waals surface area contributed by atoms with Crippen molar-refractivity contribution in [3.8, 4) is 0 Å². The fraction of sp³-hybridized carbons (Fsp3) is 0.556. The lowest BCUT2D eigenvalue weighted by molar-refractivity contribution is 0.748. The number of aromatic nitrogens is 1. The zero-order chi connectivity index (χ0) is 7.14. The molecule has 2 rings (SSSR count). The van der Waals surface area contributed by atoms with Gasteiger partial charge >= 0.3 is 0 Å². The maximum Gasteiger partial charge on any atom is 0.0226 e. The van der Waals surface area contributed by atoms with Gasteiger partial charge in [0.2, 0.25) is 0 Å². The molecule has 0 bridgehead atoms. The Morgan fingerprint density at radius 1 is 1.40 bits per heavy atom. The molecule has 0 saturated heterocycles. The molecule has 0 unspecified atom stereocenters. The Kier molecular flexibility index (Phi) is 1.13. The molecule has 0 N–H and O–H groups in total. The molecule has 0 atom stereocenters. The van der Waals surface area contributed by atoms with Crippen LogP contribution in [-0.4, -0.2) is 4.57 Å². The molecule has 2 heterocycles. The Morgan fingerprint density at radius 3 is 2.90 bits per heavy atom. The van der Waals surface area contributed by atoms with Crippen molar-refractivity contribution in [3.63, 3.8) is 0 Å². The summed E-state index contributed by atoms with van der Waals surface area (Å²) in [4.78, 5) is 0. The standard InChI is InChI=1S/C9H13N/c1-7-6-10-5-3-4-9(10)8(7)2/h6H,3-5H2,1-2H3. The summed E-state index contributed by atoms with van der Waals surface area (Å²) >= 11 is 0. The van der Waals surface area contributed by atoms with Crippen molar-refractivity contribution < 1.29 is 0 Å². The van der Waals surface area contributed by atoms with Crippen LogP contribution in [0, 0.1) is 13.8 Å². The highest BCUT2D eigenvalue weighted by atomic mass is 15.0. The van der Waals surface area contributed by atoms with E-state index < -0.39 is 0 Å². The van der Waals surface area contributed by atoms with E-state index in [0.29, 0.717) is 0 Å². The number of rotatable bonds is 0. The maximum atomic E-state index is 2.39. The van der Waals surface area contributed by atoms with Crippen LogP contribution < -0.4 is 0 Å². The fourth-order valence-electron chi connectivity index (χ4n) is 1.80. The number of hydrogen-bond donors (Lipinski definition) is 0. The Hall–Kier alpha value is -0.720. The molecule has 1 aromatic rings. The number of aryl methyl sites for hydroxylation is 2. The molecule has 1 heteroatoms. The van der Waals surface area contributed by atoms with Gasteiger partial charge in [-0.2, -0.15) is 0 Å². The van der Waals surface area contributed by atoms with Gasteiger partial charge in [0.15, 0.2) is 0 Å². The zero-order valence-corrected chi connectivity index (χ0v) is 6.65. The molecule has 10 heavy (non-hydrogen) atoms. The van der Waals surface area contributed by atoms with Crippen molar-refractivity contribution in [2.24, 2.45) is 0 Å². The zero-order valence-electron chi connectivity index (χ0n) is 6.65. The van der Waals surface area contributed by atoms with Gasteiger partial charge in [-0.15, -0.1) is 0 Å². The van der Waals surface area contributed by atoms with Crippen molar-refractivity contribution >= 4 is 0 Å². The van der Waals surface area contributed by atoms with E-state index in [-0.39, 0.29) is 0 Å². The van der Waals surface area contributed by atoms with Crippen molar-refractivity contribution in [1.82, 2.24) is 4.57 Å². The minimum absolute atomic E-state index is 1.24. The number of nitrogens with zero attached hydrogens (tertiary/aromatic N) is 1. The molecule has 54 valence electrons. The second kappa shape index (κ2) is 1.88. The normalized spacial score (nSPS) is 15.8. The van der Waals surface area contributed by atoms with Gasteiger partial charge in [-0.1, -0.05) is 0 Å². The second-order valence-corrected chi connectivity index (χ2v) is 3.18. The molecule has 0 spiro atoms. The third kappa shape index (κ3) is 0.634. The molecule has 0 saturated carbocycles. The van der Waals surface area contributed by atoms with Crippen LogP contribution in [-0.2, 0) is 13.0 Å². The first-order valence-electron chi connectivity index (χ1n) is 3.94. The van der Waals surface area contributed by atoms with Gasteiger partial charge in [-0.3, -0.25) is 0 Å². The molecule has 1 nitrogen and oxygen atoms in total. The Labute approximate surface area is 61.7 Å². The van der Waals surface area contributed by atoms with Gasteiger partial charge in [0.05, 0.1) is 0 Å². The fourth-order valence-corrected chi connectivity index (χ4v) is 1.80. The van der Waals surface area contributed by atoms with Crippen LogP contribution >= 0.6 is 0 Å². The average molecular weight is 135 g/mol. The minimum atomic E-state index is 1.24. The summed E-state index contributed by atoms with van der Waals surface area (Å²) < 4.78 is 2.39. The highest BCUT2D eigenvalue weighted by molar-refractivity contribution is 5.31. The first kappa shape index (κ1) is 6.02. The van der Waals surface area contributed by atoms with E-state index in [1.165, 1.54) is 30.5 Å². The lowest BCUT2D eigenvalue weighted by Crippen LogP contribution is -1.87. The smallest absolute Gasteiger partial charge is 0.0226 e. The predicted octanol–water partition coefficient (Wildman–Crippen LogP) is 2.05. The van der Waals surface area contributed by atoms with Crippen molar-refractivity contribution in [1.29, 1.82) is 0 Å². The molecular formula is C9H13N. The van der Waals surface area contributed by atoms with E-state index in [1.807, 2.05) is 0 Å². The molecule has 1 aliphatic heterocycles. The molecule has 0 radical (unpaired) electrons. The summed E-state index contributed by atoms with van der Waals surface area (Å²) in [7, 11) is 0. The SMILES string of the molecule is Cc1cn2c(c1C)CCC2. The highest BCUT2D eigenvalue weighted by Crippen LogP contribution is 2.22. The quantitative estimate of drug-likeness (QED) is 0.513. The van der Waals surface area contributed by atoms with Crippen LogP contribution in [0.5, 0.6) is 0 Å². The Morgan fingerprint density at radius 2 is 2.20 bits per heavy atom. The average Bonchev–Trinajstić information content (AvgIpc) is 2.41. The van der Waals surface area contributed by atoms with Crippen LogP contribution in [0.4, 0.5) is 0 Å². The van der Waals surface area contributed by atoms with E-state index in [0.717, 1.165) is 0 Å². The van der Waals surface area contributed by atoms with Gasteiger partial charge in [-0.05, 0) is 37.8 Å². The van der Waals surface area contributed by atoms with E-state index in [1.54, 1.807) is 5.69 Å².